The lowest BCUT2D eigenvalue weighted by Crippen LogP contribution is -2.54. The predicted molar refractivity (Wildman–Crippen MR) is 162 cm³/mol. The number of esters is 1. The van der Waals surface area contributed by atoms with Crippen LogP contribution in [0.4, 0.5) is 10.5 Å². The number of ether oxygens (including phenoxy) is 3. The standard InChI is InChI=1S/C33H27ClN2O7/c1-3-41-28-18-20(17-27(34)29(28)43-19-23-10-7-9-21-8-5-6-11-25(21)23)16-26-30(37)35-33(40)36(31(26)38)24-14-12-22(13-15-24)32(39)42-4-2/h5-18H,3-4,19H2,1-2H3,(H,35,37,40)/b26-16+. The molecule has 0 atom stereocenters. The summed E-state index contributed by atoms with van der Waals surface area (Å²) in [5.41, 5.74) is 1.48. The summed E-state index contributed by atoms with van der Waals surface area (Å²) in [5, 5.41) is 4.53. The number of barbiturate groups is 1. The zero-order chi connectivity index (χ0) is 30.5. The molecule has 0 unspecified atom stereocenters. The third-order valence-electron chi connectivity index (χ3n) is 6.63. The van der Waals surface area contributed by atoms with Crippen molar-refractivity contribution in [3.8, 4) is 11.5 Å². The molecule has 10 heteroatoms. The molecule has 9 nitrogen and oxygen atoms in total. The molecule has 4 aromatic carbocycles. The molecule has 4 aromatic rings. The molecular weight excluding hydrogens is 572 g/mol. The maximum atomic E-state index is 13.4. The summed E-state index contributed by atoms with van der Waals surface area (Å²) in [5.74, 6) is -1.60. The van der Waals surface area contributed by atoms with Crippen LogP contribution in [-0.2, 0) is 20.9 Å². The van der Waals surface area contributed by atoms with Crippen molar-refractivity contribution in [1.82, 2.24) is 5.32 Å². The maximum absolute atomic E-state index is 13.4. The van der Waals surface area contributed by atoms with E-state index in [9.17, 15) is 19.2 Å². The van der Waals surface area contributed by atoms with Gasteiger partial charge in [-0.2, -0.15) is 0 Å². The van der Waals surface area contributed by atoms with Gasteiger partial charge in [0.15, 0.2) is 11.5 Å². The highest BCUT2D eigenvalue weighted by molar-refractivity contribution is 6.39. The first-order valence-corrected chi connectivity index (χ1v) is 13.9. The Morgan fingerprint density at radius 3 is 2.40 bits per heavy atom. The number of anilines is 1. The number of nitrogens with zero attached hydrogens (tertiary/aromatic N) is 1. The number of hydrogen-bond donors (Lipinski definition) is 1. The first kappa shape index (κ1) is 29.3. The monoisotopic (exact) mass is 598 g/mol. The lowest BCUT2D eigenvalue weighted by atomic mass is 10.1. The molecule has 0 aliphatic carbocycles. The van der Waals surface area contributed by atoms with Gasteiger partial charge in [0.1, 0.15) is 12.2 Å². The van der Waals surface area contributed by atoms with Crippen molar-refractivity contribution in [2.75, 3.05) is 18.1 Å². The summed E-state index contributed by atoms with van der Waals surface area (Å²) < 4.78 is 16.9. The van der Waals surface area contributed by atoms with Crippen LogP contribution in [0.1, 0.15) is 35.3 Å². The molecule has 4 amide bonds. The van der Waals surface area contributed by atoms with Crippen molar-refractivity contribution in [3.05, 3.63) is 106 Å². The first-order valence-electron chi connectivity index (χ1n) is 13.5. The molecule has 218 valence electrons. The summed E-state index contributed by atoms with van der Waals surface area (Å²) in [6.45, 7) is 4.24. The molecule has 43 heavy (non-hydrogen) atoms. The van der Waals surface area contributed by atoms with Crippen molar-refractivity contribution in [2.24, 2.45) is 0 Å². The van der Waals surface area contributed by atoms with Gasteiger partial charge in [0.2, 0.25) is 0 Å². The Bertz CT molecular complexity index is 1760. The van der Waals surface area contributed by atoms with Crippen LogP contribution < -0.4 is 19.7 Å². The summed E-state index contributed by atoms with van der Waals surface area (Å²) in [7, 11) is 0. The van der Waals surface area contributed by atoms with E-state index < -0.39 is 23.8 Å². The second-order valence-corrected chi connectivity index (χ2v) is 9.82. The Hall–Kier alpha value is -5.15. The van der Waals surface area contributed by atoms with Crippen LogP contribution in [0.15, 0.2) is 84.4 Å². The quantitative estimate of drug-likeness (QED) is 0.136. The maximum Gasteiger partial charge on any atom is 0.338 e. The molecule has 1 heterocycles. The van der Waals surface area contributed by atoms with E-state index in [-0.39, 0.29) is 35.1 Å². The van der Waals surface area contributed by atoms with Crippen LogP contribution in [0.25, 0.3) is 16.8 Å². The number of urea groups is 1. The number of nitrogens with one attached hydrogen (secondary N) is 1. The van der Waals surface area contributed by atoms with E-state index in [1.807, 2.05) is 49.4 Å². The fourth-order valence-electron chi connectivity index (χ4n) is 4.66. The number of amides is 4. The molecular formula is C33H27ClN2O7. The zero-order valence-electron chi connectivity index (χ0n) is 23.4. The molecule has 0 saturated carbocycles. The Labute approximate surface area is 252 Å². The Morgan fingerprint density at radius 2 is 1.65 bits per heavy atom. The van der Waals surface area contributed by atoms with Crippen molar-refractivity contribution in [2.45, 2.75) is 20.5 Å². The minimum atomic E-state index is -0.916. The van der Waals surface area contributed by atoms with Crippen LogP contribution in [0.3, 0.4) is 0 Å². The fourth-order valence-corrected chi connectivity index (χ4v) is 4.94. The van der Waals surface area contributed by atoms with Crippen LogP contribution in [0.2, 0.25) is 5.02 Å². The third-order valence-corrected chi connectivity index (χ3v) is 6.91. The van der Waals surface area contributed by atoms with E-state index in [1.54, 1.807) is 19.1 Å². The number of fused-ring (bicyclic) bond motifs is 1. The van der Waals surface area contributed by atoms with Gasteiger partial charge in [-0.05, 0) is 78.2 Å². The smallest absolute Gasteiger partial charge is 0.338 e. The minimum Gasteiger partial charge on any atom is -0.490 e. The Morgan fingerprint density at radius 1 is 0.907 bits per heavy atom. The molecule has 5 rings (SSSR count). The van der Waals surface area contributed by atoms with Crippen molar-refractivity contribution < 1.29 is 33.4 Å². The molecule has 0 bridgehead atoms. The summed E-state index contributed by atoms with van der Waals surface area (Å²) in [4.78, 5) is 51.6. The van der Waals surface area contributed by atoms with Gasteiger partial charge >= 0.3 is 12.0 Å². The number of rotatable bonds is 9. The summed E-state index contributed by atoms with van der Waals surface area (Å²) in [6.07, 6.45) is 1.33. The molecule has 0 radical (unpaired) electrons. The Balaban J connectivity index is 1.43. The highest BCUT2D eigenvalue weighted by Gasteiger charge is 2.37. The zero-order valence-corrected chi connectivity index (χ0v) is 24.1. The molecule has 1 aliphatic heterocycles. The number of carbonyl (C=O) groups is 4. The summed E-state index contributed by atoms with van der Waals surface area (Å²) in [6, 6.07) is 21.9. The topological polar surface area (TPSA) is 111 Å². The van der Waals surface area contributed by atoms with Gasteiger partial charge < -0.3 is 14.2 Å². The Kier molecular flexibility index (Phi) is 8.73. The second kappa shape index (κ2) is 12.8. The highest BCUT2D eigenvalue weighted by Crippen LogP contribution is 2.38. The van der Waals surface area contributed by atoms with Gasteiger partial charge in [-0.25, -0.2) is 14.5 Å². The summed E-state index contributed by atoms with van der Waals surface area (Å²) >= 11 is 6.63. The van der Waals surface area contributed by atoms with Gasteiger partial charge in [-0.15, -0.1) is 0 Å². The molecule has 0 spiro atoms. The van der Waals surface area contributed by atoms with Crippen LogP contribution in [-0.4, -0.2) is 37.0 Å². The fraction of sp³-hybridized carbons (Fsp3) is 0.152. The van der Waals surface area contributed by atoms with E-state index in [0.717, 1.165) is 21.2 Å². The van der Waals surface area contributed by atoms with Gasteiger partial charge in [0.05, 0.1) is 29.5 Å². The van der Waals surface area contributed by atoms with Crippen molar-refractivity contribution in [1.29, 1.82) is 0 Å². The van der Waals surface area contributed by atoms with Crippen molar-refractivity contribution >= 4 is 58.0 Å². The number of hydrogen-bond acceptors (Lipinski definition) is 7. The van der Waals surface area contributed by atoms with Crippen LogP contribution in [0, 0.1) is 0 Å². The van der Waals surface area contributed by atoms with Crippen LogP contribution >= 0.6 is 11.6 Å². The predicted octanol–water partition coefficient (Wildman–Crippen LogP) is 6.31. The van der Waals surface area contributed by atoms with E-state index in [2.05, 4.69) is 5.32 Å². The largest absolute Gasteiger partial charge is 0.490 e. The number of benzene rings is 4. The van der Waals surface area contributed by atoms with E-state index >= 15 is 0 Å². The molecule has 0 aromatic heterocycles. The SMILES string of the molecule is CCOC(=O)c1ccc(N2C(=O)NC(=O)/C(=C\c3cc(Cl)c(OCc4cccc5ccccc45)c(OCC)c3)C2=O)cc1. The molecule has 1 fully saturated rings. The molecule has 1 saturated heterocycles. The first-order chi connectivity index (χ1) is 20.8. The van der Waals surface area contributed by atoms with Gasteiger partial charge in [-0.1, -0.05) is 54.1 Å². The second-order valence-electron chi connectivity index (χ2n) is 9.42. The third kappa shape index (κ3) is 6.22. The highest BCUT2D eigenvalue weighted by atomic mass is 35.5. The number of halogens is 1. The van der Waals surface area contributed by atoms with E-state index in [4.69, 9.17) is 25.8 Å². The average Bonchev–Trinajstić information content (AvgIpc) is 2.99. The lowest BCUT2D eigenvalue weighted by molar-refractivity contribution is -0.122. The van der Waals surface area contributed by atoms with Gasteiger partial charge in [0.25, 0.3) is 11.8 Å². The van der Waals surface area contributed by atoms with Gasteiger partial charge in [-0.3, -0.25) is 14.9 Å². The normalized spacial score (nSPS) is 14.2. The molecule has 1 N–H and O–H groups in total. The molecule has 1 aliphatic rings. The van der Waals surface area contributed by atoms with Gasteiger partial charge in [0, 0.05) is 0 Å². The van der Waals surface area contributed by atoms with Crippen LogP contribution in [0.5, 0.6) is 11.5 Å². The lowest BCUT2D eigenvalue weighted by Gasteiger charge is -2.26. The minimum absolute atomic E-state index is 0.166. The van der Waals surface area contributed by atoms with E-state index in [1.165, 1.54) is 30.3 Å². The van der Waals surface area contributed by atoms with E-state index in [0.29, 0.717) is 23.7 Å². The van der Waals surface area contributed by atoms with Crippen molar-refractivity contribution in [3.63, 3.8) is 0 Å². The number of imide groups is 2. The number of carbonyl (C=O) groups excluding carboxylic acids is 4. The average molecular weight is 599 g/mol.